The minimum atomic E-state index is 0.196. The van der Waals surface area contributed by atoms with Crippen LogP contribution in [0.1, 0.15) is 43.5 Å². The van der Waals surface area contributed by atoms with Crippen molar-refractivity contribution in [1.82, 2.24) is 9.78 Å². The molecule has 0 amide bonds. The summed E-state index contributed by atoms with van der Waals surface area (Å²) < 4.78 is 1.72. The van der Waals surface area contributed by atoms with Crippen LogP contribution in [0.2, 0.25) is 5.02 Å². The Morgan fingerprint density at radius 2 is 2.22 bits per heavy atom. The van der Waals surface area contributed by atoms with Crippen LogP contribution in [0, 0.1) is 6.92 Å². The number of Topliss-reactive ketones (excluding diaryl/α,β-unsaturated/α-hetero) is 1. The number of hydrogen-bond donors (Lipinski definition) is 0. The SMILES string of the molecule is Cc1nn(C)c(CC(=O)C2=CCCCCC2)c1Cl. The second-order valence-electron chi connectivity index (χ2n) is 4.90. The minimum Gasteiger partial charge on any atom is -0.294 e. The molecular formula is C14H19ClN2O. The standard InChI is InChI=1S/C14H19ClN2O/c1-10-14(15)12(17(2)16-10)9-13(18)11-7-5-3-4-6-8-11/h7H,3-6,8-9H2,1-2H3. The van der Waals surface area contributed by atoms with Crippen LogP contribution in [0.4, 0.5) is 0 Å². The average molecular weight is 267 g/mol. The van der Waals surface area contributed by atoms with E-state index in [0.29, 0.717) is 11.4 Å². The molecule has 0 N–H and O–H groups in total. The summed E-state index contributed by atoms with van der Waals surface area (Å²) in [6.07, 6.45) is 7.94. The van der Waals surface area contributed by atoms with Crippen molar-refractivity contribution in [2.24, 2.45) is 7.05 Å². The molecule has 0 spiro atoms. The Morgan fingerprint density at radius 1 is 1.44 bits per heavy atom. The zero-order valence-electron chi connectivity index (χ0n) is 11.0. The van der Waals surface area contributed by atoms with Crippen LogP contribution in [-0.4, -0.2) is 15.6 Å². The van der Waals surface area contributed by atoms with Crippen molar-refractivity contribution in [3.63, 3.8) is 0 Å². The third-order valence-corrected chi connectivity index (χ3v) is 3.98. The number of rotatable bonds is 3. The normalized spacial score (nSPS) is 16.3. The minimum absolute atomic E-state index is 0.196. The molecule has 0 radical (unpaired) electrons. The summed E-state index contributed by atoms with van der Waals surface area (Å²) in [5.41, 5.74) is 2.59. The fraction of sp³-hybridized carbons (Fsp3) is 0.571. The summed E-state index contributed by atoms with van der Waals surface area (Å²) in [4.78, 5) is 12.3. The molecule has 1 aromatic rings. The predicted octanol–water partition coefficient (Wildman–Crippen LogP) is 3.38. The van der Waals surface area contributed by atoms with E-state index in [4.69, 9.17) is 11.6 Å². The molecule has 1 aromatic heterocycles. The summed E-state index contributed by atoms with van der Waals surface area (Å²) in [5.74, 6) is 0.196. The highest BCUT2D eigenvalue weighted by Gasteiger charge is 2.18. The Morgan fingerprint density at radius 3 is 2.89 bits per heavy atom. The van der Waals surface area contributed by atoms with E-state index >= 15 is 0 Å². The average Bonchev–Trinajstić information content (AvgIpc) is 2.58. The molecule has 0 atom stereocenters. The van der Waals surface area contributed by atoms with Gasteiger partial charge in [-0.25, -0.2) is 0 Å². The molecule has 0 bridgehead atoms. The van der Waals surface area contributed by atoms with Gasteiger partial charge in [-0.2, -0.15) is 5.10 Å². The van der Waals surface area contributed by atoms with E-state index in [1.54, 1.807) is 4.68 Å². The molecule has 0 fully saturated rings. The van der Waals surface area contributed by atoms with Gasteiger partial charge in [-0.1, -0.05) is 24.1 Å². The number of carbonyl (C=O) groups excluding carboxylic acids is 1. The second kappa shape index (κ2) is 5.70. The van der Waals surface area contributed by atoms with E-state index in [2.05, 4.69) is 11.2 Å². The van der Waals surface area contributed by atoms with Gasteiger partial charge in [0.2, 0.25) is 0 Å². The van der Waals surface area contributed by atoms with Crippen molar-refractivity contribution < 1.29 is 4.79 Å². The van der Waals surface area contributed by atoms with Gasteiger partial charge in [0.05, 0.1) is 22.8 Å². The lowest BCUT2D eigenvalue weighted by Crippen LogP contribution is -2.10. The molecule has 1 heterocycles. The first-order valence-electron chi connectivity index (χ1n) is 6.50. The number of aryl methyl sites for hydroxylation is 2. The molecule has 3 nitrogen and oxygen atoms in total. The fourth-order valence-electron chi connectivity index (χ4n) is 2.41. The maximum Gasteiger partial charge on any atom is 0.164 e. The maximum absolute atomic E-state index is 12.3. The van der Waals surface area contributed by atoms with Crippen molar-refractivity contribution in [2.45, 2.75) is 45.4 Å². The van der Waals surface area contributed by atoms with Crippen LogP contribution in [0.5, 0.6) is 0 Å². The van der Waals surface area contributed by atoms with Gasteiger partial charge in [0.1, 0.15) is 0 Å². The van der Waals surface area contributed by atoms with Gasteiger partial charge >= 0.3 is 0 Å². The van der Waals surface area contributed by atoms with Crippen molar-refractivity contribution in [2.75, 3.05) is 0 Å². The Hall–Kier alpha value is -1.09. The third kappa shape index (κ3) is 2.83. The monoisotopic (exact) mass is 266 g/mol. The third-order valence-electron chi connectivity index (χ3n) is 3.49. The highest BCUT2D eigenvalue weighted by molar-refractivity contribution is 6.32. The van der Waals surface area contributed by atoms with Crippen LogP contribution >= 0.6 is 11.6 Å². The second-order valence-corrected chi connectivity index (χ2v) is 5.28. The first-order valence-corrected chi connectivity index (χ1v) is 6.87. The van der Waals surface area contributed by atoms with Gasteiger partial charge in [0, 0.05) is 7.05 Å². The molecule has 2 rings (SSSR count). The first kappa shape index (κ1) is 13.3. The van der Waals surface area contributed by atoms with E-state index in [-0.39, 0.29) is 5.78 Å². The molecule has 18 heavy (non-hydrogen) atoms. The maximum atomic E-state index is 12.3. The Kier molecular flexibility index (Phi) is 4.23. The molecule has 0 saturated heterocycles. The lowest BCUT2D eigenvalue weighted by Gasteiger charge is -2.05. The van der Waals surface area contributed by atoms with E-state index in [0.717, 1.165) is 36.2 Å². The zero-order chi connectivity index (χ0) is 13.1. The van der Waals surface area contributed by atoms with Crippen molar-refractivity contribution >= 4 is 17.4 Å². The van der Waals surface area contributed by atoms with Crippen LogP contribution < -0.4 is 0 Å². The first-order chi connectivity index (χ1) is 8.59. The fourth-order valence-corrected chi connectivity index (χ4v) is 2.63. The molecule has 1 aliphatic rings. The quantitative estimate of drug-likeness (QED) is 0.841. The van der Waals surface area contributed by atoms with Gasteiger partial charge in [-0.05, 0) is 38.2 Å². The Balaban J connectivity index is 2.13. The Labute approximate surface area is 113 Å². The smallest absolute Gasteiger partial charge is 0.164 e. The lowest BCUT2D eigenvalue weighted by atomic mass is 10.0. The van der Waals surface area contributed by atoms with E-state index < -0.39 is 0 Å². The van der Waals surface area contributed by atoms with Gasteiger partial charge in [0.15, 0.2) is 5.78 Å². The largest absolute Gasteiger partial charge is 0.294 e. The van der Waals surface area contributed by atoms with Crippen LogP contribution in [0.15, 0.2) is 11.6 Å². The molecule has 4 heteroatoms. The number of nitrogens with zero attached hydrogens (tertiary/aromatic N) is 2. The van der Waals surface area contributed by atoms with Crippen molar-refractivity contribution in [3.8, 4) is 0 Å². The van der Waals surface area contributed by atoms with Crippen molar-refractivity contribution in [3.05, 3.63) is 28.1 Å². The molecule has 0 aromatic carbocycles. The summed E-state index contributed by atoms with van der Waals surface area (Å²) in [5, 5.41) is 4.87. The molecule has 0 saturated carbocycles. The summed E-state index contributed by atoms with van der Waals surface area (Å²) in [7, 11) is 1.84. The lowest BCUT2D eigenvalue weighted by molar-refractivity contribution is -0.115. The summed E-state index contributed by atoms with van der Waals surface area (Å²) in [6, 6.07) is 0. The summed E-state index contributed by atoms with van der Waals surface area (Å²) in [6.45, 7) is 1.86. The predicted molar refractivity (Wildman–Crippen MR) is 72.8 cm³/mol. The molecular weight excluding hydrogens is 248 g/mol. The zero-order valence-corrected chi connectivity index (χ0v) is 11.8. The van der Waals surface area contributed by atoms with Gasteiger partial charge in [-0.15, -0.1) is 0 Å². The topological polar surface area (TPSA) is 34.9 Å². The highest BCUT2D eigenvalue weighted by Crippen LogP contribution is 2.23. The Bertz CT molecular complexity index is 488. The van der Waals surface area contributed by atoms with E-state index in [1.165, 1.54) is 12.8 Å². The summed E-state index contributed by atoms with van der Waals surface area (Å²) >= 11 is 6.17. The van der Waals surface area contributed by atoms with Gasteiger partial charge in [-0.3, -0.25) is 9.48 Å². The highest BCUT2D eigenvalue weighted by atomic mass is 35.5. The van der Waals surface area contributed by atoms with Crippen LogP contribution in [0.3, 0.4) is 0 Å². The number of halogens is 1. The van der Waals surface area contributed by atoms with E-state index in [1.807, 2.05) is 14.0 Å². The number of hydrogen-bond acceptors (Lipinski definition) is 2. The molecule has 98 valence electrons. The molecule has 0 aliphatic heterocycles. The van der Waals surface area contributed by atoms with Gasteiger partial charge in [0.25, 0.3) is 0 Å². The number of allylic oxidation sites excluding steroid dienone is 2. The van der Waals surface area contributed by atoms with E-state index in [9.17, 15) is 4.79 Å². The van der Waals surface area contributed by atoms with Gasteiger partial charge < -0.3 is 0 Å². The molecule has 1 aliphatic carbocycles. The van der Waals surface area contributed by atoms with Crippen LogP contribution in [-0.2, 0) is 18.3 Å². The van der Waals surface area contributed by atoms with Crippen LogP contribution in [0.25, 0.3) is 0 Å². The number of carbonyl (C=O) groups is 1. The number of ketones is 1. The molecule has 0 unspecified atom stereocenters. The number of aromatic nitrogens is 2. The van der Waals surface area contributed by atoms with Crippen molar-refractivity contribution in [1.29, 1.82) is 0 Å².